The van der Waals surface area contributed by atoms with E-state index in [1.165, 1.54) is 23.1 Å². The molecule has 1 amide bonds. The van der Waals surface area contributed by atoms with Crippen LogP contribution in [0, 0.1) is 36.5 Å². The molecule has 146 valence electrons. The molecule has 0 atom stereocenters. The van der Waals surface area contributed by atoms with Gasteiger partial charge in [0.2, 0.25) is 5.91 Å². The number of ether oxygens (including phenoxy) is 1. The van der Waals surface area contributed by atoms with Crippen molar-refractivity contribution in [3.8, 4) is 17.9 Å². The summed E-state index contributed by atoms with van der Waals surface area (Å²) in [7, 11) is 0. The first-order valence-corrected chi connectivity index (χ1v) is 10.7. The van der Waals surface area contributed by atoms with E-state index >= 15 is 0 Å². The minimum Gasteiger partial charge on any atom is -0.494 e. The standard InChI is InChI=1S/C21H18N4O2S2/c1-4-27-16-5-6-18-14(8-16)7-15(9-22)20(24-18)28-11-19(26)25-21-17(10-23)12(2)13(3)29-21/h5-8H,4,11H2,1-3H3,(H,25,26). The van der Waals surface area contributed by atoms with E-state index in [2.05, 4.69) is 22.4 Å². The average Bonchev–Trinajstić information content (AvgIpc) is 2.98. The molecule has 0 saturated heterocycles. The topological polar surface area (TPSA) is 98.8 Å². The number of benzene rings is 1. The second kappa shape index (κ2) is 8.95. The molecule has 0 radical (unpaired) electrons. The molecule has 8 heteroatoms. The van der Waals surface area contributed by atoms with Crippen LogP contribution in [-0.2, 0) is 4.79 Å². The van der Waals surface area contributed by atoms with Crippen LogP contribution >= 0.6 is 23.1 Å². The van der Waals surface area contributed by atoms with Crippen LogP contribution in [0.2, 0.25) is 0 Å². The summed E-state index contributed by atoms with van der Waals surface area (Å²) in [5.74, 6) is 0.566. The van der Waals surface area contributed by atoms with Crippen LogP contribution < -0.4 is 10.1 Å². The molecule has 3 aromatic rings. The molecule has 0 fully saturated rings. The van der Waals surface area contributed by atoms with E-state index in [4.69, 9.17) is 4.74 Å². The van der Waals surface area contributed by atoms with Crippen LogP contribution in [0.1, 0.15) is 28.5 Å². The van der Waals surface area contributed by atoms with Gasteiger partial charge in [-0.15, -0.1) is 11.3 Å². The number of aromatic nitrogens is 1. The quantitative estimate of drug-likeness (QED) is 0.574. The van der Waals surface area contributed by atoms with E-state index in [0.717, 1.165) is 27.1 Å². The molecule has 1 aromatic carbocycles. The Balaban J connectivity index is 1.77. The number of nitrogens with one attached hydrogen (secondary N) is 1. The Morgan fingerprint density at radius 3 is 2.76 bits per heavy atom. The first kappa shape index (κ1) is 20.7. The van der Waals surface area contributed by atoms with Crippen molar-refractivity contribution in [2.75, 3.05) is 17.7 Å². The van der Waals surface area contributed by atoms with Crippen LogP contribution in [0.5, 0.6) is 5.75 Å². The third-order valence-electron chi connectivity index (χ3n) is 4.27. The van der Waals surface area contributed by atoms with Crippen LogP contribution in [-0.4, -0.2) is 23.3 Å². The van der Waals surface area contributed by atoms with Gasteiger partial charge in [-0.2, -0.15) is 10.5 Å². The van der Waals surface area contributed by atoms with Crippen LogP contribution in [0.3, 0.4) is 0 Å². The Morgan fingerprint density at radius 1 is 1.28 bits per heavy atom. The van der Waals surface area contributed by atoms with E-state index in [1.54, 1.807) is 6.07 Å². The van der Waals surface area contributed by atoms with E-state index < -0.39 is 0 Å². The SMILES string of the molecule is CCOc1ccc2nc(SCC(=O)Nc3sc(C)c(C)c3C#N)c(C#N)cc2c1. The van der Waals surface area contributed by atoms with Crippen molar-refractivity contribution in [2.45, 2.75) is 25.8 Å². The number of carbonyl (C=O) groups is 1. The number of amides is 1. The second-order valence-electron chi connectivity index (χ2n) is 6.18. The second-order valence-corrected chi connectivity index (χ2v) is 8.37. The third kappa shape index (κ3) is 4.51. The molecule has 0 aliphatic rings. The molecule has 0 aliphatic carbocycles. The maximum Gasteiger partial charge on any atom is 0.235 e. The highest BCUT2D eigenvalue weighted by Crippen LogP contribution is 2.32. The van der Waals surface area contributed by atoms with Gasteiger partial charge in [0, 0.05) is 10.3 Å². The number of anilines is 1. The molecule has 3 rings (SSSR count). The lowest BCUT2D eigenvalue weighted by molar-refractivity contribution is -0.113. The number of nitrogens with zero attached hydrogens (tertiary/aromatic N) is 3. The number of nitriles is 2. The molecular weight excluding hydrogens is 404 g/mol. The minimum absolute atomic E-state index is 0.0884. The predicted molar refractivity (Wildman–Crippen MR) is 115 cm³/mol. The van der Waals surface area contributed by atoms with Gasteiger partial charge in [-0.25, -0.2) is 4.98 Å². The summed E-state index contributed by atoms with van der Waals surface area (Å²) in [6.07, 6.45) is 0. The van der Waals surface area contributed by atoms with Gasteiger partial charge in [-0.1, -0.05) is 11.8 Å². The maximum atomic E-state index is 12.4. The number of hydrogen-bond donors (Lipinski definition) is 1. The molecule has 6 nitrogen and oxygen atoms in total. The lowest BCUT2D eigenvalue weighted by Gasteiger charge is -2.08. The highest BCUT2D eigenvalue weighted by Gasteiger charge is 2.16. The number of hydrogen-bond acceptors (Lipinski definition) is 7. The number of aryl methyl sites for hydroxylation is 1. The summed E-state index contributed by atoms with van der Waals surface area (Å²) in [6.45, 7) is 6.25. The first-order chi connectivity index (χ1) is 14.0. The Labute approximate surface area is 177 Å². The Morgan fingerprint density at radius 2 is 2.07 bits per heavy atom. The minimum atomic E-state index is -0.245. The van der Waals surface area contributed by atoms with Crippen LogP contribution in [0.15, 0.2) is 29.3 Å². The zero-order chi connectivity index (χ0) is 21.0. The first-order valence-electron chi connectivity index (χ1n) is 8.87. The molecule has 0 spiro atoms. The number of fused-ring (bicyclic) bond motifs is 1. The largest absolute Gasteiger partial charge is 0.494 e. The van der Waals surface area contributed by atoms with Gasteiger partial charge >= 0.3 is 0 Å². The molecule has 0 unspecified atom stereocenters. The fraction of sp³-hybridized carbons (Fsp3) is 0.238. The Kier molecular flexibility index (Phi) is 6.38. The lowest BCUT2D eigenvalue weighted by atomic mass is 10.1. The van der Waals surface area contributed by atoms with Crippen molar-refractivity contribution >= 4 is 44.9 Å². The maximum absolute atomic E-state index is 12.4. The van der Waals surface area contributed by atoms with Gasteiger partial charge in [0.05, 0.1) is 29.0 Å². The van der Waals surface area contributed by atoms with E-state index in [-0.39, 0.29) is 11.7 Å². The normalized spacial score (nSPS) is 10.4. The predicted octanol–water partition coefficient (Wildman–Crippen LogP) is 4.79. The third-order valence-corrected chi connectivity index (χ3v) is 6.39. The van der Waals surface area contributed by atoms with Gasteiger partial charge in [-0.3, -0.25) is 4.79 Å². The molecule has 2 heterocycles. The summed E-state index contributed by atoms with van der Waals surface area (Å²) < 4.78 is 5.49. The van der Waals surface area contributed by atoms with E-state index in [9.17, 15) is 15.3 Å². The highest BCUT2D eigenvalue weighted by atomic mass is 32.2. The highest BCUT2D eigenvalue weighted by molar-refractivity contribution is 8.00. The van der Waals surface area contributed by atoms with Crippen LogP contribution in [0.4, 0.5) is 5.00 Å². The molecule has 0 aliphatic heterocycles. The Hall–Kier alpha value is -3.07. The van der Waals surface area contributed by atoms with Gasteiger partial charge in [0.25, 0.3) is 0 Å². The van der Waals surface area contributed by atoms with Crippen molar-refractivity contribution in [1.82, 2.24) is 4.98 Å². The van der Waals surface area contributed by atoms with Crippen molar-refractivity contribution in [1.29, 1.82) is 10.5 Å². The number of rotatable bonds is 6. The van der Waals surface area contributed by atoms with Gasteiger partial charge in [-0.05, 0) is 50.6 Å². The molecule has 1 N–H and O–H groups in total. The van der Waals surface area contributed by atoms with Crippen LogP contribution in [0.25, 0.3) is 10.9 Å². The fourth-order valence-electron chi connectivity index (χ4n) is 2.73. The zero-order valence-corrected chi connectivity index (χ0v) is 17.8. The molecule has 0 saturated carbocycles. The Bertz CT molecular complexity index is 1170. The van der Waals surface area contributed by atoms with Gasteiger partial charge in [0.1, 0.15) is 27.9 Å². The summed E-state index contributed by atoms with van der Waals surface area (Å²) in [6, 6.07) is 11.6. The van der Waals surface area contributed by atoms with Crippen molar-refractivity contribution in [3.05, 3.63) is 45.8 Å². The van der Waals surface area contributed by atoms with Crippen molar-refractivity contribution in [3.63, 3.8) is 0 Å². The fourth-order valence-corrected chi connectivity index (χ4v) is 4.52. The number of pyridine rings is 1. The molecule has 29 heavy (non-hydrogen) atoms. The van der Waals surface area contributed by atoms with Crippen molar-refractivity contribution < 1.29 is 9.53 Å². The summed E-state index contributed by atoms with van der Waals surface area (Å²) >= 11 is 2.58. The summed E-state index contributed by atoms with van der Waals surface area (Å²) in [5.41, 5.74) is 2.52. The summed E-state index contributed by atoms with van der Waals surface area (Å²) in [4.78, 5) is 17.9. The van der Waals surface area contributed by atoms with E-state index in [0.29, 0.717) is 27.8 Å². The van der Waals surface area contributed by atoms with E-state index in [1.807, 2.05) is 39.0 Å². The van der Waals surface area contributed by atoms with Gasteiger partial charge in [0.15, 0.2) is 0 Å². The zero-order valence-electron chi connectivity index (χ0n) is 16.2. The van der Waals surface area contributed by atoms with Crippen molar-refractivity contribution in [2.24, 2.45) is 0 Å². The van der Waals surface area contributed by atoms with Gasteiger partial charge < -0.3 is 10.1 Å². The molecule has 2 aromatic heterocycles. The lowest BCUT2D eigenvalue weighted by Crippen LogP contribution is -2.14. The smallest absolute Gasteiger partial charge is 0.235 e. The average molecular weight is 423 g/mol. The molecule has 0 bridgehead atoms. The summed E-state index contributed by atoms with van der Waals surface area (Å²) in [5, 5.41) is 23.4. The monoisotopic (exact) mass is 422 g/mol. The number of thioether (sulfide) groups is 1. The molecular formula is C21H18N4O2S2. The number of carbonyl (C=O) groups excluding carboxylic acids is 1. The number of thiophene rings is 1.